The fourth-order valence-corrected chi connectivity index (χ4v) is 4.42. The SMILES string of the molecule is C=C(C)C[C@H]1N(c2ccc(F)cc2)C(=O)[C@@H]2[C@@H](C(=O)O)[C@@H]3C=C[C@]21O3. The minimum Gasteiger partial charge on any atom is -0.481 e. The van der Waals surface area contributed by atoms with E-state index in [0.717, 1.165) is 5.57 Å². The quantitative estimate of drug-likeness (QED) is 0.853. The van der Waals surface area contributed by atoms with Crippen molar-refractivity contribution < 1.29 is 23.8 Å². The molecule has 4 rings (SSSR count). The van der Waals surface area contributed by atoms with E-state index in [-0.39, 0.29) is 5.91 Å². The summed E-state index contributed by atoms with van der Waals surface area (Å²) >= 11 is 0. The van der Waals surface area contributed by atoms with Crippen molar-refractivity contribution in [3.05, 3.63) is 54.4 Å². The van der Waals surface area contributed by atoms with Crippen LogP contribution >= 0.6 is 0 Å². The van der Waals surface area contributed by atoms with E-state index in [0.29, 0.717) is 12.1 Å². The van der Waals surface area contributed by atoms with E-state index in [4.69, 9.17) is 4.74 Å². The van der Waals surface area contributed by atoms with Crippen LogP contribution in [0.4, 0.5) is 10.1 Å². The van der Waals surface area contributed by atoms with Gasteiger partial charge in [0, 0.05) is 5.69 Å². The van der Waals surface area contributed by atoms with Gasteiger partial charge in [-0.3, -0.25) is 9.59 Å². The van der Waals surface area contributed by atoms with Gasteiger partial charge in [0.05, 0.1) is 18.1 Å². The summed E-state index contributed by atoms with van der Waals surface area (Å²) < 4.78 is 19.3. The van der Waals surface area contributed by atoms with Gasteiger partial charge in [0.2, 0.25) is 5.91 Å². The molecule has 25 heavy (non-hydrogen) atoms. The third-order valence-corrected chi connectivity index (χ3v) is 5.35. The van der Waals surface area contributed by atoms with Crippen molar-refractivity contribution in [2.75, 3.05) is 4.90 Å². The number of hydrogen-bond donors (Lipinski definition) is 1. The van der Waals surface area contributed by atoms with Gasteiger partial charge in [-0.05, 0) is 37.6 Å². The monoisotopic (exact) mass is 343 g/mol. The number of ether oxygens (including phenoxy) is 1. The molecule has 3 aliphatic heterocycles. The highest BCUT2D eigenvalue weighted by Crippen LogP contribution is 2.56. The molecule has 3 aliphatic rings. The van der Waals surface area contributed by atoms with Gasteiger partial charge < -0.3 is 14.7 Å². The van der Waals surface area contributed by atoms with Crippen molar-refractivity contribution in [3.63, 3.8) is 0 Å². The molecule has 1 N–H and O–H groups in total. The molecule has 0 saturated carbocycles. The van der Waals surface area contributed by atoms with Gasteiger partial charge in [-0.25, -0.2) is 4.39 Å². The lowest BCUT2D eigenvalue weighted by Crippen LogP contribution is -2.45. The second-order valence-electron chi connectivity index (χ2n) is 7.00. The largest absolute Gasteiger partial charge is 0.481 e. The van der Waals surface area contributed by atoms with E-state index in [1.807, 2.05) is 13.0 Å². The summed E-state index contributed by atoms with van der Waals surface area (Å²) in [7, 11) is 0. The Labute approximate surface area is 144 Å². The van der Waals surface area contributed by atoms with E-state index >= 15 is 0 Å². The predicted molar refractivity (Wildman–Crippen MR) is 88.5 cm³/mol. The Bertz CT molecular complexity index is 802. The van der Waals surface area contributed by atoms with Crippen molar-refractivity contribution in [2.45, 2.75) is 31.1 Å². The maximum absolute atomic E-state index is 13.3. The Morgan fingerprint density at radius 2 is 2.08 bits per heavy atom. The number of hydrogen-bond acceptors (Lipinski definition) is 3. The van der Waals surface area contributed by atoms with Crippen molar-refractivity contribution >= 4 is 17.6 Å². The third kappa shape index (κ3) is 2.10. The Morgan fingerprint density at radius 3 is 2.68 bits per heavy atom. The zero-order valence-electron chi connectivity index (χ0n) is 13.7. The van der Waals surface area contributed by atoms with E-state index in [9.17, 15) is 19.1 Å². The van der Waals surface area contributed by atoms with Crippen molar-refractivity contribution in [2.24, 2.45) is 11.8 Å². The number of carboxylic acids is 1. The van der Waals surface area contributed by atoms with Crippen LogP contribution in [0.5, 0.6) is 0 Å². The molecule has 5 atom stereocenters. The van der Waals surface area contributed by atoms with Gasteiger partial charge in [-0.1, -0.05) is 17.7 Å². The molecule has 6 heteroatoms. The number of anilines is 1. The van der Waals surface area contributed by atoms with E-state index < -0.39 is 41.4 Å². The molecule has 130 valence electrons. The van der Waals surface area contributed by atoms with Gasteiger partial charge in [-0.2, -0.15) is 0 Å². The average molecular weight is 343 g/mol. The van der Waals surface area contributed by atoms with E-state index in [1.54, 1.807) is 11.0 Å². The average Bonchev–Trinajstić information content (AvgIpc) is 3.18. The van der Waals surface area contributed by atoms with Gasteiger partial charge in [-0.15, -0.1) is 6.58 Å². The maximum Gasteiger partial charge on any atom is 0.310 e. The van der Waals surface area contributed by atoms with Crippen LogP contribution in [0.1, 0.15) is 13.3 Å². The molecule has 2 saturated heterocycles. The fraction of sp³-hybridized carbons (Fsp3) is 0.368. The summed E-state index contributed by atoms with van der Waals surface area (Å²) in [5.74, 6) is -3.42. The fourth-order valence-electron chi connectivity index (χ4n) is 4.42. The predicted octanol–water partition coefficient (Wildman–Crippen LogP) is 2.53. The minimum absolute atomic E-state index is 0.294. The zero-order valence-corrected chi connectivity index (χ0v) is 13.7. The van der Waals surface area contributed by atoms with Gasteiger partial charge in [0.25, 0.3) is 0 Å². The lowest BCUT2D eigenvalue weighted by molar-refractivity contribution is -0.146. The summed E-state index contributed by atoms with van der Waals surface area (Å²) in [5.41, 5.74) is 0.420. The zero-order chi connectivity index (χ0) is 17.9. The molecule has 0 aliphatic carbocycles. The van der Waals surface area contributed by atoms with Crippen LogP contribution in [-0.2, 0) is 14.3 Å². The molecule has 1 aromatic carbocycles. The summed E-state index contributed by atoms with van der Waals surface area (Å²) in [6.45, 7) is 5.80. The first-order valence-electron chi connectivity index (χ1n) is 8.18. The Hall–Kier alpha value is -2.47. The summed E-state index contributed by atoms with van der Waals surface area (Å²) in [6, 6.07) is 5.23. The number of amides is 1. The van der Waals surface area contributed by atoms with Gasteiger partial charge in [0.15, 0.2) is 0 Å². The minimum atomic E-state index is -1.04. The highest BCUT2D eigenvalue weighted by molar-refractivity contribution is 6.03. The lowest BCUT2D eigenvalue weighted by Gasteiger charge is -2.33. The van der Waals surface area contributed by atoms with E-state index in [1.165, 1.54) is 24.3 Å². The summed E-state index contributed by atoms with van der Waals surface area (Å²) in [5, 5.41) is 9.61. The Kier molecular flexibility index (Phi) is 3.37. The molecule has 0 radical (unpaired) electrons. The van der Waals surface area contributed by atoms with Crippen molar-refractivity contribution in [1.82, 2.24) is 0 Å². The van der Waals surface area contributed by atoms with Crippen LogP contribution in [-0.4, -0.2) is 34.7 Å². The molecule has 5 nitrogen and oxygen atoms in total. The Balaban J connectivity index is 1.84. The number of carbonyl (C=O) groups is 2. The molecule has 2 fully saturated rings. The normalized spacial score (nSPS) is 35.3. The number of nitrogens with zero attached hydrogens (tertiary/aromatic N) is 1. The maximum atomic E-state index is 13.3. The number of aliphatic carboxylic acids is 1. The van der Waals surface area contributed by atoms with Crippen LogP contribution in [0.15, 0.2) is 48.6 Å². The van der Waals surface area contributed by atoms with Gasteiger partial charge >= 0.3 is 5.97 Å². The molecule has 1 aromatic rings. The van der Waals surface area contributed by atoms with Gasteiger partial charge in [0.1, 0.15) is 17.3 Å². The number of fused-ring (bicyclic) bond motifs is 1. The topological polar surface area (TPSA) is 66.8 Å². The standard InChI is InChI=1S/C19H18FNO4/c1-10(2)9-14-19-8-7-13(25-19)15(18(23)24)16(19)17(22)21(14)12-5-3-11(20)4-6-12/h3-8,13-16H,1,9H2,2H3,(H,23,24)/t13-,14+,15-,16-,19+/m0/s1. The van der Waals surface area contributed by atoms with Crippen LogP contribution in [0, 0.1) is 17.7 Å². The molecule has 3 heterocycles. The molecular formula is C19H18FNO4. The van der Waals surface area contributed by atoms with Crippen molar-refractivity contribution in [3.8, 4) is 0 Å². The first kappa shape index (κ1) is 16.0. The third-order valence-electron chi connectivity index (χ3n) is 5.35. The summed E-state index contributed by atoms with van der Waals surface area (Å²) in [4.78, 5) is 26.5. The number of rotatable bonds is 4. The highest BCUT2D eigenvalue weighted by Gasteiger charge is 2.71. The van der Waals surface area contributed by atoms with Crippen LogP contribution in [0.2, 0.25) is 0 Å². The van der Waals surface area contributed by atoms with Crippen LogP contribution in [0.25, 0.3) is 0 Å². The molecule has 0 aromatic heterocycles. The summed E-state index contributed by atoms with van der Waals surface area (Å²) in [6.07, 6.45) is 3.46. The molecule has 1 amide bonds. The highest BCUT2D eigenvalue weighted by atomic mass is 19.1. The second-order valence-corrected chi connectivity index (χ2v) is 7.00. The first-order chi connectivity index (χ1) is 11.8. The smallest absolute Gasteiger partial charge is 0.310 e. The molecule has 2 bridgehead atoms. The first-order valence-corrected chi connectivity index (χ1v) is 8.18. The number of carboxylic acid groups (broad SMARTS) is 1. The molecular weight excluding hydrogens is 325 g/mol. The molecule has 0 unspecified atom stereocenters. The van der Waals surface area contributed by atoms with Crippen molar-refractivity contribution in [1.29, 1.82) is 0 Å². The van der Waals surface area contributed by atoms with Crippen LogP contribution in [0.3, 0.4) is 0 Å². The van der Waals surface area contributed by atoms with E-state index in [2.05, 4.69) is 6.58 Å². The molecule has 1 spiro atoms. The Morgan fingerprint density at radius 1 is 1.40 bits per heavy atom. The number of halogens is 1. The lowest BCUT2D eigenvalue weighted by atomic mass is 9.74. The number of benzene rings is 1. The number of carbonyl (C=O) groups excluding carboxylic acids is 1. The van der Waals surface area contributed by atoms with Crippen LogP contribution < -0.4 is 4.90 Å². The second kappa shape index (κ2) is 5.26.